The van der Waals surface area contributed by atoms with Gasteiger partial charge in [0.05, 0.1) is 17.4 Å². The van der Waals surface area contributed by atoms with Crippen molar-refractivity contribution in [2.24, 2.45) is 0 Å². The molecule has 1 saturated heterocycles. The average molecular weight is 317 g/mol. The monoisotopic (exact) mass is 317 g/mol. The smallest absolute Gasteiger partial charge is 0.443 e. The van der Waals surface area contributed by atoms with E-state index in [0.29, 0.717) is 5.89 Å². The van der Waals surface area contributed by atoms with Crippen LogP contribution < -0.4 is 0 Å². The lowest BCUT2D eigenvalue weighted by molar-refractivity contribution is 0.00578. The van der Waals surface area contributed by atoms with Gasteiger partial charge in [0.25, 0.3) is 0 Å². The standard InChI is InChI=1S/C16H24BN3O3/c1-11-10-19(7)13(14-18-8-9-21-14)12(2)20(11)17-22-15(3,4)16(5,6)23-17/h8-10H,1-7H3. The predicted octanol–water partition coefficient (Wildman–Crippen LogP) is 3.06. The summed E-state index contributed by atoms with van der Waals surface area (Å²) in [5, 5.41) is 0. The van der Waals surface area contributed by atoms with Crippen LogP contribution in [0.3, 0.4) is 0 Å². The van der Waals surface area contributed by atoms with Crippen LogP contribution in [0.1, 0.15) is 47.4 Å². The van der Waals surface area contributed by atoms with Gasteiger partial charge in [0.2, 0.25) is 5.89 Å². The van der Waals surface area contributed by atoms with Crippen LogP contribution in [0.2, 0.25) is 0 Å². The van der Waals surface area contributed by atoms with E-state index in [9.17, 15) is 0 Å². The first-order chi connectivity index (χ1) is 10.6. The second kappa shape index (κ2) is 5.14. The number of allylic oxidation sites excluding steroid dienone is 2. The van der Waals surface area contributed by atoms with E-state index in [2.05, 4.69) is 37.5 Å². The lowest BCUT2D eigenvalue weighted by atomic mass is 9.90. The summed E-state index contributed by atoms with van der Waals surface area (Å²) in [6, 6.07) is 0. The maximum atomic E-state index is 6.20. The molecule has 0 radical (unpaired) electrons. The van der Waals surface area contributed by atoms with Crippen molar-refractivity contribution in [2.75, 3.05) is 7.05 Å². The Morgan fingerprint density at radius 1 is 1.09 bits per heavy atom. The first-order valence-corrected chi connectivity index (χ1v) is 7.81. The first kappa shape index (κ1) is 16.1. The van der Waals surface area contributed by atoms with Crippen LogP contribution >= 0.6 is 0 Å². The number of rotatable bonds is 2. The number of hydrogen-bond acceptors (Lipinski definition) is 6. The van der Waals surface area contributed by atoms with Crippen molar-refractivity contribution in [1.82, 2.24) is 14.7 Å². The van der Waals surface area contributed by atoms with E-state index in [1.807, 2.05) is 32.0 Å². The molecule has 2 aliphatic rings. The van der Waals surface area contributed by atoms with Gasteiger partial charge < -0.3 is 23.4 Å². The van der Waals surface area contributed by atoms with E-state index in [1.54, 1.807) is 12.5 Å². The second-order valence-electron chi connectivity index (χ2n) is 7.09. The number of oxazole rings is 1. The van der Waals surface area contributed by atoms with Gasteiger partial charge in [0.1, 0.15) is 12.0 Å². The molecule has 7 heteroatoms. The summed E-state index contributed by atoms with van der Waals surface area (Å²) in [5.74, 6) is 0.579. The van der Waals surface area contributed by atoms with Crippen molar-refractivity contribution in [3.8, 4) is 0 Å². The highest BCUT2D eigenvalue weighted by molar-refractivity contribution is 6.43. The molecule has 0 saturated carbocycles. The molecular weight excluding hydrogens is 293 g/mol. The fourth-order valence-corrected chi connectivity index (χ4v) is 2.93. The summed E-state index contributed by atoms with van der Waals surface area (Å²) in [6.45, 7) is 12.3. The minimum Gasteiger partial charge on any atom is -0.443 e. The van der Waals surface area contributed by atoms with Crippen molar-refractivity contribution < 1.29 is 13.7 Å². The van der Waals surface area contributed by atoms with Crippen LogP contribution in [-0.2, 0) is 9.31 Å². The van der Waals surface area contributed by atoms with Gasteiger partial charge in [-0.05, 0) is 41.5 Å². The Kier molecular flexibility index (Phi) is 3.61. The maximum absolute atomic E-state index is 6.20. The van der Waals surface area contributed by atoms with E-state index >= 15 is 0 Å². The summed E-state index contributed by atoms with van der Waals surface area (Å²) in [7, 11) is 1.50. The molecule has 0 N–H and O–H groups in total. The molecule has 124 valence electrons. The largest absolute Gasteiger partial charge is 0.598 e. The molecule has 0 bridgehead atoms. The Morgan fingerprint density at radius 3 is 2.22 bits per heavy atom. The summed E-state index contributed by atoms with van der Waals surface area (Å²) < 4.78 is 17.9. The second-order valence-corrected chi connectivity index (χ2v) is 7.09. The molecule has 1 fully saturated rings. The number of aromatic nitrogens is 1. The lowest BCUT2D eigenvalue weighted by Crippen LogP contribution is -2.43. The molecule has 0 unspecified atom stereocenters. The summed E-state index contributed by atoms with van der Waals surface area (Å²) in [5.41, 5.74) is 2.15. The maximum Gasteiger partial charge on any atom is 0.598 e. The third-order valence-corrected chi connectivity index (χ3v) is 4.90. The van der Waals surface area contributed by atoms with Gasteiger partial charge >= 0.3 is 7.25 Å². The Bertz CT molecular complexity index is 648. The Hall–Kier alpha value is -1.73. The Morgan fingerprint density at radius 2 is 1.70 bits per heavy atom. The molecule has 23 heavy (non-hydrogen) atoms. The van der Waals surface area contributed by atoms with Crippen molar-refractivity contribution in [3.05, 3.63) is 35.9 Å². The summed E-state index contributed by atoms with van der Waals surface area (Å²) >= 11 is 0. The highest BCUT2D eigenvalue weighted by Gasteiger charge is 2.55. The highest BCUT2D eigenvalue weighted by atomic mass is 16.7. The summed E-state index contributed by atoms with van der Waals surface area (Å²) in [6.07, 6.45) is 5.25. The fraction of sp³-hybridized carbons (Fsp3) is 0.562. The molecular formula is C16H24BN3O3. The van der Waals surface area contributed by atoms with Gasteiger partial charge in [-0.1, -0.05) is 0 Å². The molecule has 0 aliphatic carbocycles. The SMILES string of the molecule is CC1=CN(C)C(c2ncco2)=C(C)N1B1OC(C)(C)C(C)(C)O1. The molecule has 0 aromatic carbocycles. The van der Waals surface area contributed by atoms with Crippen LogP contribution in [0.25, 0.3) is 5.70 Å². The summed E-state index contributed by atoms with van der Waals surface area (Å²) in [4.78, 5) is 8.34. The highest BCUT2D eigenvalue weighted by Crippen LogP contribution is 2.41. The van der Waals surface area contributed by atoms with Gasteiger partial charge in [-0.3, -0.25) is 0 Å². The van der Waals surface area contributed by atoms with Crippen molar-refractivity contribution in [3.63, 3.8) is 0 Å². The third-order valence-electron chi connectivity index (χ3n) is 4.90. The average Bonchev–Trinajstić information content (AvgIpc) is 2.96. The van der Waals surface area contributed by atoms with Crippen molar-refractivity contribution in [2.45, 2.75) is 52.7 Å². The Balaban J connectivity index is 2.00. The molecule has 0 amide bonds. The molecule has 0 atom stereocenters. The van der Waals surface area contributed by atoms with Gasteiger partial charge in [-0.2, -0.15) is 0 Å². The quantitative estimate of drug-likeness (QED) is 0.782. The molecule has 3 heterocycles. The molecule has 3 rings (SSSR count). The zero-order chi connectivity index (χ0) is 17.0. The molecule has 2 aliphatic heterocycles. The van der Waals surface area contributed by atoms with E-state index in [4.69, 9.17) is 13.7 Å². The topological polar surface area (TPSA) is 51.0 Å². The van der Waals surface area contributed by atoms with E-state index < -0.39 is 7.25 Å². The zero-order valence-electron chi connectivity index (χ0n) is 14.9. The first-order valence-electron chi connectivity index (χ1n) is 7.81. The van der Waals surface area contributed by atoms with Gasteiger partial charge in [-0.25, -0.2) is 4.98 Å². The van der Waals surface area contributed by atoms with Gasteiger partial charge in [0, 0.05) is 24.6 Å². The minimum atomic E-state index is -0.477. The molecule has 1 aromatic rings. The Labute approximate surface area is 137 Å². The van der Waals surface area contributed by atoms with Crippen molar-refractivity contribution >= 4 is 13.0 Å². The minimum absolute atomic E-state index is 0.384. The molecule has 6 nitrogen and oxygen atoms in total. The lowest BCUT2D eigenvalue weighted by Gasteiger charge is -2.36. The van der Waals surface area contributed by atoms with Crippen LogP contribution in [0.5, 0.6) is 0 Å². The number of nitrogens with zero attached hydrogens (tertiary/aromatic N) is 3. The van der Waals surface area contributed by atoms with E-state index in [0.717, 1.165) is 17.1 Å². The van der Waals surface area contributed by atoms with Gasteiger partial charge in [0.15, 0.2) is 0 Å². The predicted molar refractivity (Wildman–Crippen MR) is 88.5 cm³/mol. The third kappa shape index (κ3) is 2.48. The zero-order valence-corrected chi connectivity index (χ0v) is 14.9. The van der Waals surface area contributed by atoms with Gasteiger partial charge in [-0.15, -0.1) is 0 Å². The van der Waals surface area contributed by atoms with Crippen molar-refractivity contribution in [1.29, 1.82) is 0 Å². The van der Waals surface area contributed by atoms with Crippen LogP contribution in [0.4, 0.5) is 0 Å². The normalized spacial score (nSPS) is 23.6. The van der Waals surface area contributed by atoms with E-state index in [-0.39, 0.29) is 11.2 Å². The van der Waals surface area contributed by atoms with Crippen LogP contribution in [-0.4, -0.2) is 40.2 Å². The molecule has 0 spiro atoms. The molecule has 1 aromatic heterocycles. The van der Waals surface area contributed by atoms with E-state index in [1.165, 1.54) is 0 Å². The fourth-order valence-electron chi connectivity index (χ4n) is 2.93. The van der Waals surface area contributed by atoms with Crippen LogP contribution in [0, 0.1) is 0 Å². The van der Waals surface area contributed by atoms with Crippen LogP contribution in [0.15, 0.2) is 34.5 Å². The number of hydrogen-bond donors (Lipinski definition) is 0.